The van der Waals surface area contributed by atoms with Crippen molar-refractivity contribution in [1.29, 1.82) is 0 Å². The fourth-order valence-corrected chi connectivity index (χ4v) is 3.38. The van der Waals surface area contributed by atoms with Gasteiger partial charge in [-0.15, -0.1) is 0 Å². The predicted molar refractivity (Wildman–Crippen MR) is 120 cm³/mol. The summed E-state index contributed by atoms with van der Waals surface area (Å²) in [6.07, 6.45) is 12.3. The van der Waals surface area contributed by atoms with Crippen molar-refractivity contribution in [3.05, 3.63) is 42.1 Å². The number of benzene rings is 1. The molecular formula is C20H38CaN2O5S. The number of nitrogens with one attached hydrogen (secondary N) is 2. The van der Waals surface area contributed by atoms with Crippen molar-refractivity contribution in [3.8, 4) is 0 Å². The molecule has 1 aromatic carbocycles. The molecule has 0 unspecified atom stereocenters. The van der Waals surface area contributed by atoms with Gasteiger partial charge >= 0.3 is 37.7 Å². The van der Waals surface area contributed by atoms with E-state index in [1.54, 1.807) is 30.3 Å². The van der Waals surface area contributed by atoms with Crippen LogP contribution in [-0.2, 0) is 24.0 Å². The second kappa shape index (κ2) is 26.3. The monoisotopic (exact) mass is 458 g/mol. The summed E-state index contributed by atoms with van der Waals surface area (Å²) in [6, 6.07) is 8.33. The van der Waals surface area contributed by atoms with Crippen molar-refractivity contribution >= 4 is 47.9 Å². The SMILES string of the molecule is CCCCCCCCCCCCOS(=O)(=O)c1ccccc1.CO[NH-].CO[NH-].[Ca+2]. The van der Waals surface area contributed by atoms with Gasteiger partial charge in [-0.3, -0.25) is 4.18 Å². The van der Waals surface area contributed by atoms with E-state index in [1.807, 2.05) is 0 Å². The van der Waals surface area contributed by atoms with Crippen molar-refractivity contribution in [2.24, 2.45) is 0 Å². The Labute approximate surface area is 207 Å². The molecule has 7 nitrogen and oxygen atoms in total. The van der Waals surface area contributed by atoms with E-state index in [9.17, 15) is 8.42 Å². The van der Waals surface area contributed by atoms with Crippen molar-refractivity contribution < 1.29 is 22.3 Å². The molecule has 0 aromatic heterocycles. The van der Waals surface area contributed by atoms with Crippen LogP contribution in [0.5, 0.6) is 0 Å². The first-order valence-electron chi connectivity index (χ1n) is 9.84. The Morgan fingerprint density at radius 2 is 1.14 bits per heavy atom. The first-order chi connectivity index (χ1) is 13.5. The molecule has 0 aliphatic rings. The first kappa shape index (κ1) is 33.9. The zero-order valence-electron chi connectivity index (χ0n) is 18.3. The molecule has 1 aromatic rings. The maximum Gasteiger partial charge on any atom is 2.00 e. The van der Waals surface area contributed by atoms with Gasteiger partial charge in [0.1, 0.15) is 0 Å². The molecule has 0 heterocycles. The Bertz CT molecular complexity index is 517. The van der Waals surface area contributed by atoms with E-state index in [0.29, 0.717) is 0 Å². The van der Waals surface area contributed by atoms with E-state index in [1.165, 1.54) is 65.6 Å². The number of hydrogen-bond donors (Lipinski definition) is 0. The standard InChI is InChI=1S/C18H30O3S.2CH4NO.Ca/c1-2-3-4-5-6-7-8-9-10-14-17-21-22(19,20)18-15-12-11-13-16-18;2*1-3-2;/h11-13,15-16H,2-10,14,17H2,1H3;2*2H,1H3;/q;2*-1;+2. The Kier molecular flexibility index (Phi) is 30.7. The maximum atomic E-state index is 11.9. The molecule has 2 N–H and O–H groups in total. The van der Waals surface area contributed by atoms with Gasteiger partial charge in [0.25, 0.3) is 10.1 Å². The van der Waals surface area contributed by atoms with E-state index in [4.69, 9.17) is 16.0 Å². The van der Waals surface area contributed by atoms with Gasteiger partial charge in [-0.25, -0.2) is 0 Å². The topological polar surface area (TPSA) is 109 Å². The fourth-order valence-electron chi connectivity index (χ4n) is 2.41. The third-order valence-corrected chi connectivity index (χ3v) is 5.09. The van der Waals surface area contributed by atoms with Gasteiger partial charge in [-0.1, -0.05) is 82.9 Å². The molecule has 0 aliphatic carbocycles. The van der Waals surface area contributed by atoms with Gasteiger partial charge in [-0.2, -0.15) is 8.42 Å². The molecule has 1 rings (SSSR count). The van der Waals surface area contributed by atoms with Crippen LogP contribution in [0, 0.1) is 0 Å². The van der Waals surface area contributed by atoms with Gasteiger partial charge in [0.2, 0.25) is 0 Å². The van der Waals surface area contributed by atoms with Crippen molar-refractivity contribution in [3.63, 3.8) is 0 Å². The molecule has 0 saturated carbocycles. The largest absolute Gasteiger partial charge is 2.00 e. The molecule has 29 heavy (non-hydrogen) atoms. The third kappa shape index (κ3) is 24.4. The maximum absolute atomic E-state index is 11.9. The van der Waals surface area contributed by atoms with Crippen LogP contribution in [0.4, 0.5) is 0 Å². The van der Waals surface area contributed by atoms with Gasteiger partial charge in [-0.05, 0) is 18.6 Å². The van der Waals surface area contributed by atoms with E-state index < -0.39 is 10.1 Å². The number of rotatable bonds is 13. The summed E-state index contributed by atoms with van der Waals surface area (Å²) in [5.74, 6) is 11.4. The van der Waals surface area contributed by atoms with Gasteiger partial charge in [0.05, 0.1) is 11.5 Å². The molecule has 9 heteroatoms. The average Bonchev–Trinajstić information content (AvgIpc) is 2.68. The summed E-state index contributed by atoms with van der Waals surface area (Å²) >= 11 is 0. The quantitative estimate of drug-likeness (QED) is 0.153. The molecular weight excluding hydrogens is 420 g/mol. The zero-order valence-corrected chi connectivity index (χ0v) is 21.3. The second-order valence-electron chi connectivity index (χ2n) is 6.18. The number of hydrogen-bond acceptors (Lipinski definition) is 5. The summed E-state index contributed by atoms with van der Waals surface area (Å²) in [5.41, 5.74) is 0. The van der Waals surface area contributed by atoms with Gasteiger partial charge in [0.15, 0.2) is 0 Å². The van der Waals surface area contributed by atoms with Crippen LogP contribution < -0.4 is 0 Å². The number of unbranched alkanes of at least 4 members (excludes halogenated alkanes) is 9. The van der Waals surface area contributed by atoms with E-state index in [0.717, 1.165) is 12.8 Å². The molecule has 0 amide bonds. The summed E-state index contributed by atoms with van der Waals surface area (Å²) in [4.78, 5) is 7.24. The van der Waals surface area contributed by atoms with Crippen LogP contribution in [0.25, 0.3) is 11.8 Å². The molecule has 0 spiro atoms. The van der Waals surface area contributed by atoms with E-state index in [2.05, 4.69) is 16.6 Å². The Morgan fingerprint density at radius 3 is 1.55 bits per heavy atom. The van der Waals surface area contributed by atoms with Crippen molar-refractivity contribution in [2.45, 2.75) is 76.0 Å². The summed E-state index contributed by atoms with van der Waals surface area (Å²) in [6.45, 7) is 2.52. The zero-order chi connectivity index (χ0) is 21.5. The van der Waals surface area contributed by atoms with Crippen LogP contribution in [0.3, 0.4) is 0 Å². The normalized spacial score (nSPS) is 10.1. The molecule has 0 fully saturated rings. The van der Waals surface area contributed by atoms with Crippen LogP contribution >= 0.6 is 0 Å². The van der Waals surface area contributed by atoms with Crippen LogP contribution in [0.2, 0.25) is 0 Å². The molecule has 0 bridgehead atoms. The van der Waals surface area contributed by atoms with Crippen LogP contribution in [0.1, 0.15) is 71.1 Å². The van der Waals surface area contributed by atoms with Crippen molar-refractivity contribution in [1.82, 2.24) is 0 Å². The Balaban J connectivity index is -0.000000857. The van der Waals surface area contributed by atoms with E-state index >= 15 is 0 Å². The van der Waals surface area contributed by atoms with Crippen LogP contribution in [-0.4, -0.2) is 67.0 Å². The summed E-state index contributed by atoms with van der Waals surface area (Å²) < 4.78 is 28.8. The fraction of sp³-hybridized carbons (Fsp3) is 0.700. The minimum Gasteiger partial charge on any atom is -0.550 e. The molecule has 0 aliphatic heterocycles. The van der Waals surface area contributed by atoms with Gasteiger partial charge < -0.3 is 21.5 Å². The first-order valence-corrected chi connectivity index (χ1v) is 11.2. The summed E-state index contributed by atoms with van der Waals surface area (Å²) in [5, 5.41) is 0. The van der Waals surface area contributed by atoms with Gasteiger partial charge in [0, 0.05) is 14.2 Å². The molecule has 0 saturated heterocycles. The third-order valence-electron chi connectivity index (χ3n) is 3.77. The molecule has 166 valence electrons. The summed E-state index contributed by atoms with van der Waals surface area (Å²) in [7, 11) is -0.987. The second-order valence-corrected chi connectivity index (χ2v) is 7.79. The Morgan fingerprint density at radius 1 is 0.759 bits per heavy atom. The average molecular weight is 459 g/mol. The minimum absolute atomic E-state index is 0. The smallest absolute Gasteiger partial charge is 0.550 e. The van der Waals surface area contributed by atoms with Crippen molar-refractivity contribution in [2.75, 3.05) is 20.8 Å². The van der Waals surface area contributed by atoms with E-state index in [-0.39, 0.29) is 49.2 Å². The predicted octanol–water partition coefficient (Wildman–Crippen LogP) is 6.13. The molecule has 0 atom stereocenters. The molecule has 0 radical (unpaired) electrons. The Hall–Kier alpha value is 0.230. The van der Waals surface area contributed by atoms with Crippen LogP contribution in [0.15, 0.2) is 35.2 Å². The minimum atomic E-state index is -3.57.